The molecule has 6 heteroatoms. The maximum absolute atomic E-state index is 13.8. The minimum Gasteiger partial charge on any atom is -0.387 e. The van der Waals surface area contributed by atoms with Crippen LogP contribution >= 0.6 is 0 Å². The minimum atomic E-state index is -1.61. The van der Waals surface area contributed by atoms with Crippen LogP contribution in [0.2, 0.25) is 0 Å². The van der Waals surface area contributed by atoms with Gasteiger partial charge in [0.15, 0.2) is 6.29 Å². The van der Waals surface area contributed by atoms with Crippen molar-refractivity contribution in [3.8, 4) is 0 Å². The molecule has 1 heterocycles. The van der Waals surface area contributed by atoms with E-state index in [0.29, 0.717) is 0 Å². The zero-order valence-electron chi connectivity index (χ0n) is 10.5. The molecule has 1 aromatic rings. The van der Waals surface area contributed by atoms with Crippen LogP contribution in [0, 0.1) is 0 Å². The van der Waals surface area contributed by atoms with Crippen LogP contribution in [0.1, 0.15) is 5.56 Å². The van der Waals surface area contributed by atoms with Crippen LogP contribution in [-0.4, -0.2) is 42.4 Å². The molecule has 5 N–H and O–H groups in total. The van der Waals surface area contributed by atoms with E-state index in [1.54, 1.807) is 0 Å². The number of ether oxygens (including phenoxy) is 2. The molecule has 0 aliphatic carbocycles. The lowest BCUT2D eigenvalue weighted by Gasteiger charge is -2.39. The Balaban J connectivity index is 1.95. The fraction of sp³-hybridized carbons (Fsp3) is 0.538. The summed E-state index contributed by atoms with van der Waals surface area (Å²) in [4.78, 5) is 0. The Morgan fingerprint density at radius 1 is 1.32 bits per heavy atom. The van der Waals surface area contributed by atoms with E-state index in [2.05, 4.69) is 0 Å². The molecule has 1 aromatic carbocycles. The number of benzene rings is 1. The van der Waals surface area contributed by atoms with Gasteiger partial charge in [0, 0.05) is 6.54 Å². The third kappa shape index (κ3) is 3.29. The molecule has 106 valence electrons. The molecule has 1 aliphatic heterocycles. The van der Waals surface area contributed by atoms with Gasteiger partial charge in [0.1, 0.15) is 18.4 Å². The fourth-order valence-electron chi connectivity index (χ4n) is 2.02. The van der Waals surface area contributed by atoms with Crippen molar-refractivity contribution >= 4 is 0 Å². The van der Waals surface area contributed by atoms with E-state index in [1.165, 1.54) is 0 Å². The highest BCUT2D eigenvalue weighted by atomic mass is 19.1. The van der Waals surface area contributed by atoms with Gasteiger partial charge in [-0.2, -0.15) is 0 Å². The quantitative estimate of drug-likeness (QED) is 0.711. The molecular formula is C13H19FN2O3. The standard InChI is InChI=1S/C13H19FN2O3/c14-10-11(16)13(19-9(6-15)12(10)17)18-7-8-4-2-1-3-5-8/h1-5,9-13,17H,6-7,15-16H2/t9-,10+,11-,12-,13?/m1/s1. The summed E-state index contributed by atoms with van der Waals surface area (Å²) in [6, 6.07) is 8.40. The largest absolute Gasteiger partial charge is 0.387 e. The molecule has 19 heavy (non-hydrogen) atoms. The van der Waals surface area contributed by atoms with Gasteiger partial charge in [-0.3, -0.25) is 0 Å². The van der Waals surface area contributed by atoms with Crippen LogP contribution in [0.3, 0.4) is 0 Å². The van der Waals surface area contributed by atoms with Crippen molar-refractivity contribution in [1.82, 2.24) is 0 Å². The molecule has 5 nitrogen and oxygen atoms in total. The summed E-state index contributed by atoms with van der Waals surface area (Å²) in [6.45, 7) is 0.277. The van der Waals surface area contributed by atoms with Gasteiger partial charge in [0.05, 0.1) is 12.6 Å². The zero-order valence-corrected chi connectivity index (χ0v) is 10.5. The Kier molecular flexibility index (Phi) is 4.84. The van der Waals surface area contributed by atoms with Crippen LogP contribution in [0.25, 0.3) is 0 Å². The van der Waals surface area contributed by atoms with Gasteiger partial charge in [-0.15, -0.1) is 0 Å². The van der Waals surface area contributed by atoms with Crippen LogP contribution in [0.4, 0.5) is 4.39 Å². The highest BCUT2D eigenvalue weighted by Crippen LogP contribution is 2.23. The van der Waals surface area contributed by atoms with Gasteiger partial charge < -0.3 is 26.0 Å². The summed E-state index contributed by atoms with van der Waals surface area (Å²) in [5, 5.41) is 9.60. The second-order valence-corrected chi connectivity index (χ2v) is 4.59. The predicted octanol–water partition coefficient (Wildman–Crippen LogP) is -0.0869. The van der Waals surface area contributed by atoms with E-state index in [1.807, 2.05) is 30.3 Å². The Morgan fingerprint density at radius 3 is 2.63 bits per heavy atom. The van der Waals surface area contributed by atoms with Crippen molar-refractivity contribution in [2.75, 3.05) is 6.54 Å². The van der Waals surface area contributed by atoms with Gasteiger partial charge in [0.25, 0.3) is 0 Å². The SMILES string of the molecule is NC[C@H]1OC(OCc2ccccc2)[C@H](N)[C@H](F)[C@@H]1O. The molecule has 0 radical (unpaired) electrons. The van der Waals surface area contributed by atoms with E-state index < -0.39 is 30.7 Å². The first-order valence-corrected chi connectivity index (χ1v) is 6.22. The first kappa shape index (κ1) is 14.4. The first-order chi connectivity index (χ1) is 9.13. The lowest BCUT2D eigenvalue weighted by atomic mass is 9.99. The van der Waals surface area contributed by atoms with E-state index in [-0.39, 0.29) is 13.2 Å². The van der Waals surface area contributed by atoms with Crippen molar-refractivity contribution in [3.63, 3.8) is 0 Å². The molecule has 0 saturated carbocycles. The second kappa shape index (κ2) is 6.40. The molecule has 1 saturated heterocycles. The molecule has 1 fully saturated rings. The molecule has 0 amide bonds. The molecular weight excluding hydrogens is 251 g/mol. The van der Waals surface area contributed by atoms with E-state index >= 15 is 0 Å². The van der Waals surface area contributed by atoms with Gasteiger partial charge >= 0.3 is 0 Å². The summed E-state index contributed by atoms with van der Waals surface area (Å²) in [5.74, 6) is 0. The normalized spacial score (nSPS) is 35.3. The number of hydrogen-bond acceptors (Lipinski definition) is 5. The minimum absolute atomic E-state index is 0.0134. The summed E-state index contributed by atoms with van der Waals surface area (Å²) < 4.78 is 24.7. The third-order valence-electron chi connectivity index (χ3n) is 3.19. The van der Waals surface area contributed by atoms with Gasteiger partial charge in [-0.05, 0) is 5.56 Å². The van der Waals surface area contributed by atoms with Crippen molar-refractivity contribution in [1.29, 1.82) is 0 Å². The Labute approximate surface area is 111 Å². The molecule has 0 bridgehead atoms. The first-order valence-electron chi connectivity index (χ1n) is 6.22. The Bertz CT molecular complexity index is 391. The third-order valence-corrected chi connectivity index (χ3v) is 3.19. The lowest BCUT2D eigenvalue weighted by molar-refractivity contribution is -0.250. The molecule has 0 aromatic heterocycles. The number of aliphatic hydroxyl groups excluding tert-OH is 1. The summed E-state index contributed by atoms with van der Waals surface area (Å²) in [6.07, 6.45) is -4.62. The monoisotopic (exact) mass is 270 g/mol. The number of nitrogens with two attached hydrogens (primary N) is 2. The fourth-order valence-corrected chi connectivity index (χ4v) is 2.02. The summed E-state index contributed by atoms with van der Waals surface area (Å²) in [7, 11) is 0. The van der Waals surface area contributed by atoms with E-state index in [4.69, 9.17) is 20.9 Å². The van der Waals surface area contributed by atoms with Crippen molar-refractivity contribution in [3.05, 3.63) is 35.9 Å². The molecule has 2 rings (SSSR count). The Hall–Kier alpha value is -1.05. The summed E-state index contributed by atoms with van der Waals surface area (Å²) >= 11 is 0. The second-order valence-electron chi connectivity index (χ2n) is 4.59. The van der Waals surface area contributed by atoms with Crippen LogP contribution in [0.5, 0.6) is 0 Å². The zero-order chi connectivity index (χ0) is 13.8. The Morgan fingerprint density at radius 2 is 2.00 bits per heavy atom. The van der Waals surface area contributed by atoms with E-state index in [9.17, 15) is 9.50 Å². The van der Waals surface area contributed by atoms with Crippen molar-refractivity contribution in [2.24, 2.45) is 11.5 Å². The lowest BCUT2D eigenvalue weighted by Crippen LogP contribution is -2.61. The highest BCUT2D eigenvalue weighted by molar-refractivity contribution is 5.13. The van der Waals surface area contributed by atoms with Crippen LogP contribution < -0.4 is 11.5 Å². The maximum atomic E-state index is 13.8. The molecule has 1 aliphatic rings. The van der Waals surface area contributed by atoms with Gasteiger partial charge in [-0.1, -0.05) is 30.3 Å². The van der Waals surface area contributed by atoms with Gasteiger partial charge in [-0.25, -0.2) is 4.39 Å². The van der Waals surface area contributed by atoms with Crippen LogP contribution in [-0.2, 0) is 16.1 Å². The number of halogens is 1. The topological polar surface area (TPSA) is 90.7 Å². The highest BCUT2D eigenvalue weighted by Gasteiger charge is 2.43. The molecule has 5 atom stereocenters. The molecule has 1 unspecified atom stereocenters. The van der Waals surface area contributed by atoms with Gasteiger partial charge in [0.2, 0.25) is 0 Å². The number of rotatable bonds is 4. The summed E-state index contributed by atoms with van der Waals surface area (Å²) in [5.41, 5.74) is 12.0. The smallest absolute Gasteiger partial charge is 0.176 e. The van der Waals surface area contributed by atoms with E-state index in [0.717, 1.165) is 5.56 Å². The average molecular weight is 270 g/mol. The predicted molar refractivity (Wildman–Crippen MR) is 67.8 cm³/mol. The molecule has 0 spiro atoms. The average Bonchev–Trinajstić information content (AvgIpc) is 2.45. The van der Waals surface area contributed by atoms with Crippen molar-refractivity contribution < 1.29 is 19.0 Å². The number of alkyl halides is 1. The van der Waals surface area contributed by atoms with Crippen LogP contribution in [0.15, 0.2) is 30.3 Å². The number of hydrogen-bond donors (Lipinski definition) is 3. The van der Waals surface area contributed by atoms with Crippen molar-refractivity contribution in [2.45, 2.75) is 37.3 Å². The number of aliphatic hydroxyl groups is 1. The maximum Gasteiger partial charge on any atom is 0.176 e.